The average molecular weight is 255 g/mol. The van der Waals surface area contributed by atoms with Crippen molar-refractivity contribution in [2.24, 2.45) is 0 Å². The van der Waals surface area contributed by atoms with E-state index in [9.17, 15) is 8.78 Å². The smallest absolute Gasteiger partial charge is 0.126 e. The van der Waals surface area contributed by atoms with Gasteiger partial charge in [-0.2, -0.15) is 0 Å². The van der Waals surface area contributed by atoms with E-state index in [-0.39, 0.29) is 6.04 Å². The molecule has 1 atom stereocenters. The molecule has 0 saturated heterocycles. The van der Waals surface area contributed by atoms with Crippen molar-refractivity contribution >= 4 is 11.5 Å². The van der Waals surface area contributed by atoms with Gasteiger partial charge in [-0.15, -0.1) is 5.10 Å². The topological polar surface area (TPSA) is 37.8 Å². The Bertz CT molecular complexity index is 467. The first-order valence-electron chi connectivity index (χ1n) is 5.08. The summed E-state index contributed by atoms with van der Waals surface area (Å²) in [5, 5.41) is 6.83. The molecule has 1 heterocycles. The molecule has 0 bridgehead atoms. The second kappa shape index (κ2) is 5.29. The predicted molar refractivity (Wildman–Crippen MR) is 61.8 cm³/mol. The lowest BCUT2D eigenvalue weighted by Gasteiger charge is -2.13. The van der Waals surface area contributed by atoms with Crippen LogP contribution in [0.25, 0.3) is 0 Å². The van der Waals surface area contributed by atoms with Gasteiger partial charge in [-0.1, -0.05) is 4.49 Å². The van der Waals surface area contributed by atoms with E-state index >= 15 is 0 Å². The summed E-state index contributed by atoms with van der Waals surface area (Å²) in [6.45, 7) is 0. The Morgan fingerprint density at radius 3 is 2.53 bits per heavy atom. The van der Waals surface area contributed by atoms with Crippen molar-refractivity contribution in [3.05, 3.63) is 46.5 Å². The maximum absolute atomic E-state index is 13.0. The zero-order valence-electron chi connectivity index (χ0n) is 9.15. The molecular weight excluding hydrogens is 244 g/mol. The summed E-state index contributed by atoms with van der Waals surface area (Å²) in [7, 11) is 1.79. The Kier molecular flexibility index (Phi) is 3.75. The van der Waals surface area contributed by atoms with Crippen molar-refractivity contribution < 1.29 is 8.78 Å². The summed E-state index contributed by atoms with van der Waals surface area (Å²) >= 11 is 1.27. The van der Waals surface area contributed by atoms with Crippen LogP contribution in [0.2, 0.25) is 0 Å². The summed E-state index contributed by atoms with van der Waals surface area (Å²) in [6, 6.07) is 3.51. The molecule has 0 saturated carbocycles. The highest BCUT2D eigenvalue weighted by molar-refractivity contribution is 7.05. The first-order chi connectivity index (χ1) is 8.19. The van der Waals surface area contributed by atoms with Crippen molar-refractivity contribution in [1.29, 1.82) is 0 Å². The van der Waals surface area contributed by atoms with Crippen molar-refractivity contribution in [2.75, 3.05) is 7.05 Å². The number of nitrogens with zero attached hydrogens (tertiary/aromatic N) is 2. The molecule has 0 fully saturated rings. The van der Waals surface area contributed by atoms with E-state index in [2.05, 4.69) is 14.9 Å². The predicted octanol–water partition coefficient (Wildman–Crippen LogP) is 2.32. The van der Waals surface area contributed by atoms with Gasteiger partial charge in [-0.05, 0) is 42.7 Å². The standard InChI is InChI=1S/C11H11F2N3S/c1-14-10(11-6-15-16-17-11)4-7-2-8(12)5-9(13)3-7/h2-3,5-6,10,14H,4H2,1H3. The number of hydrogen-bond acceptors (Lipinski definition) is 4. The Morgan fingerprint density at radius 2 is 2.00 bits per heavy atom. The average Bonchev–Trinajstić information content (AvgIpc) is 2.77. The lowest BCUT2D eigenvalue weighted by Crippen LogP contribution is -2.17. The highest BCUT2D eigenvalue weighted by Gasteiger charge is 2.13. The molecule has 2 aromatic rings. The van der Waals surface area contributed by atoms with E-state index in [0.29, 0.717) is 12.0 Å². The molecule has 0 aliphatic rings. The molecule has 0 amide bonds. The molecular formula is C11H11F2N3S. The van der Waals surface area contributed by atoms with Crippen molar-refractivity contribution in [1.82, 2.24) is 14.9 Å². The van der Waals surface area contributed by atoms with Crippen LogP contribution in [0.1, 0.15) is 16.5 Å². The molecule has 1 aromatic carbocycles. The molecule has 0 spiro atoms. The first-order valence-corrected chi connectivity index (χ1v) is 5.86. The fraction of sp³-hybridized carbons (Fsp3) is 0.273. The second-order valence-electron chi connectivity index (χ2n) is 3.64. The van der Waals surface area contributed by atoms with Gasteiger partial charge in [0, 0.05) is 12.1 Å². The highest BCUT2D eigenvalue weighted by atomic mass is 32.1. The van der Waals surface area contributed by atoms with Crippen LogP contribution in [0.15, 0.2) is 24.4 Å². The van der Waals surface area contributed by atoms with Crippen LogP contribution in [-0.2, 0) is 6.42 Å². The maximum Gasteiger partial charge on any atom is 0.126 e. The number of aromatic nitrogens is 2. The molecule has 1 unspecified atom stereocenters. The normalized spacial score (nSPS) is 12.6. The lowest BCUT2D eigenvalue weighted by molar-refractivity contribution is 0.565. The van der Waals surface area contributed by atoms with Crippen LogP contribution in [0.4, 0.5) is 8.78 Å². The minimum atomic E-state index is -0.558. The summed E-state index contributed by atoms with van der Waals surface area (Å²) in [6.07, 6.45) is 2.15. The van der Waals surface area contributed by atoms with Crippen molar-refractivity contribution in [3.63, 3.8) is 0 Å². The number of hydrogen-bond donors (Lipinski definition) is 1. The first kappa shape index (κ1) is 12.1. The van der Waals surface area contributed by atoms with E-state index in [1.165, 1.54) is 23.7 Å². The number of rotatable bonds is 4. The highest BCUT2D eigenvalue weighted by Crippen LogP contribution is 2.21. The molecule has 3 nitrogen and oxygen atoms in total. The van der Waals surface area contributed by atoms with Gasteiger partial charge in [0.25, 0.3) is 0 Å². The largest absolute Gasteiger partial charge is 0.312 e. The number of nitrogens with one attached hydrogen (secondary N) is 1. The van der Waals surface area contributed by atoms with Crippen LogP contribution in [0, 0.1) is 11.6 Å². The molecule has 1 N–H and O–H groups in total. The fourth-order valence-electron chi connectivity index (χ4n) is 1.64. The Balaban J connectivity index is 2.18. The molecule has 6 heteroatoms. The third kappa shape index (κ3) is 3.04. The van der Waals surface area contributed by atoms with Crippen molar-refractivity contribution in [3.8, 4) is 0 Å². The lowest BCUT2D eigenvalue weighted by atomic mass is 10.0. The van der Waals surface area contributed by atoms with Gasteiger partial charge in [0.1, 0.15) is 11.6 Å². The third-order valence-electron chi connectivity index (χ3n) is 2.43. The number of likely N-dealkylation sites (N-methyl/N-ethyl adjacent to an activating group) is 1. The Hall–Kier alpha value is -1.40. The maximum atomic E-state index is 13.0. The summed E-state index contributed by atoms with van der Waals surface area (Å²) in [5.74, 6) is -1.12. The molecule has 17 heavy (non-hydrogen) atoms. The van der Waals surface area contributed by atoms with E-state index in [1.807, 2.05) is 0 Å². The van der Waals surface area contributed by atoms with Gasteiger partial charge >= 0.3 is 0 Å². The van der Waals surface area contributed by atoms with Gasteiger partial charge < -0.3 is 5.32 Å². The zero-order valence-corrected chi connectivity index (χ0v) is 9.97. The number of halogens is 2. The third-order valence-corrected chi connectivity index (χ3v) is 3.21. The Labute approximate surface area is 102 Å². The molecule has 0 aliphatic carbocycles. The van der Waals surface area contributed by atoms with Gasteiger partial charge in [0.05, 0.1) is 11.1 Å². The van der Waals surface area contributed by atoms with Gasteiger partial charge in [0.15, 0.2) is 0 Å². The fourth-order valence-corrected chi connectivity index (χ4v) is 2.25. The Morgan fingerprint density at radius 1 is 1.29 bits per heavy atom. The molecule has 0 aliphatic heterocycles. The molecule has 2 rings (SSSR count). The summed E-state index contributed by atoms with van der Waals surface area (Å²) < 4.78 is 29.9. The van der Waals surface area contributed by atoms with Crippen LogP contribution in [-0.4, -0.2) is 16.6 Å². The van der Waals surface area contributed by atoms with E-state index in [1.54, 1.807) is 13.2 Å². The molecule has 90 valence electrons. The number of benzene rings is 1. The molecule has 0 radical (unpaired) electrons. The van der Waals surface area contributed by atoms with E-state index < -0.39 is 11.6 Å². The van der Waals surface area contributed by atoms with Gasteiger partial charge in [-0.25, -0.2) is 8.78 Å². The van der Waals surface area contributed by atoms with Crippen LogP contribution < -0.4 is 5.32 Å². The van der Waals surface area contributed by atoms with Crippen molar-refractivity contribution in [2.45, 2.75) is 12.5 Å². The van der Waals surface area contributed by atoms with Crippen LogP contribution in [0.5, 0.6) is 0 Å². The zero-order chi connectivity index (χ0) is 12.3. The van der Waals surface area contributed by atoms with Crippen LogP contribution >= 0.6 is 11.5 Å². The monoisotopic (exact) mass is 255 g/mol. The van der Waals surface area contributed by atoms with E-state index in [0.717, 1.165) is 10.9 Å². The minimum Gasteiger partial charge on any atom is -0.312 e. The second-order valence-corrected chi connectivity index (χ2v) is 4.46. The molecule has 1 aromatic heterocycles. The minimum absolute atomic E-state index is 0.0313. The quantitative estimate of drug-likeness (QED) is 0.911. The van der Waals surface area contributed by atoms with E-state index in [4.69, 9.17) is 0 Å². The van der Waals surface area contributed by atoms with Crippen LogP contribution in [0.3, 0.4) is 0 Å². The summed E-state index contributed by atoms with van der Waals surface area (Å²) in [5.41, 5.74) is 0.607. The summed E-state index contributed by atoms with van der Waals surface area (Å²) in [4.78, 5) is 0.942. The SMILES string of the molecule is CNC(Cc1cc(F)cc(F)c1)c1cnns1. The van der Waals surface area contributed by atoms with Gasteiger partial charge in [-0.3, -0.25) is 0 Å². The van der Waals surface area contributed by atoms with Gasteiger partial charge in [0.2, 0.25) is 0 Å².